The van der Waals surface area contributed by atoms with Crippen molar-refractivity contribution in [3.05, 3.63) is 78.4 Å². The molecule has 1 heterocycles. The number of hydrogen-bond donors (Lipinski definition) is 1. The molecule has 0 radical (unpaired) electrons. The van der Waals surface area contributed by atoms with Gasteiger partial charge < -0.3 is 0 Å². The van der Waals surface area contributed by atoms with Gasteiger partial charge >= 0.3 is 0 Å². The Hall–Kier alpha value is -2.51. The van der Waals surface area contributed by atoms with Gasteiger partial charge in [-0.2, -0.15) is 5.10 Å². The maximum atomic E-state index is 13.1. The minimum Gasteiger partial charge on any atom is -0.241 e. The van der Waals surface area contributed by atoms with E-state index in [0.717, 1.165) is 11.8 Å². The van der Waals surface area contributed by atoms with Crippen LogP contribution < -0.4 is 4.72 Å². The lowest BCUT2D eigenvalue weighted by Gasteiger charge is -2.05. The minimum absolute atomic E-state index is 0.0265. The molecule has 0 atom stereocenters. The highest BCUT2D eigenvalue weighted by molar-refractivity contribution is 7.89. The van der Waals surface area contributed by atoms with Gasteiger partial charge in [-0.25, -0.2) is 22.2 Å². The van der Waals surface area contributed by atoms with Crippen LogP contribution in [0.2, 0.25) is 0 Å². The third-order valence-electron chi connectivity index (χ3n) is 3.21. The maximum absolute atomic E-state index is 13.1. The van der Waals surface area contributed by atoms with E-state index >= 15 is 0 Å². The summed E-state index contributed by atoms with van der Waals surface area (Å²) in [6.07, 6.45) is 1.75. The molecule has 1 N–H and O–H groups in total. The molecule has 3 aromatic rings. The van der Waals surface area contributed by atoms with E-state index in [-0.39, 0.29) is 11.4 Å². The molecule has 0 spiro atoms. The van der Waals surface area contributed by atoms with Crippen molar-refractivity contribution in [1.82, 2.24) is 14.5 Å². The molecule has 0 aliphatic heterocycles. The standard InChI is InChI=1S/C16H14FN3O2S/c17-13-5-4-8-16(11-13)23(21,22)18-12-14-9-10-20(19-14)15-6-2-1-3-7-15/h1-11,18H,12H2. The molecule has 0 unspecified atom stereocenters. The van der Waals surface area contributed by atoms with Gasteiger partial charge in [0.15, 0.2) is 0 Å². The highest BCUT2D eigenvalue weighted by atomic mass is 32.2. The fraction of sp³-hybridized carbons (Fsp3) is 0.0625. The van der Waals surface area contributed by atoms with E-state index in [2.05, 4.69) is 9.82 Å². The zero-order valence-electron chi connectivity index (χ0n) is 12.1. The number of para-hydroxylation sites is 1. The smallest absolute Gasteiger partial charge is 0.241 e. The van der Waals surface area contributed by atoms with Crippen LogP contribution in [0.3, 0.4) is 0 Å². The monoisotopic (exact) mass is 331 g/mol. The molecular formula is C16H14FN3O2S. The lowest BCUT2D eigenvalue weighted by atomic mass is 10.3. The Kier molecular flexibility index (Phi) is 4.22. The Morgan fingerprint density at radius 2 is 1.83 bits per heavy atom. The van der Waals surface area contributed by atoms with E-state index in [0.29, 0.717) is 5.69 Å². The Morgan fingerprint density at radius 1 is 1.04 bits per heavy atom. The summed E-state index contributed by atoms with van der Waals surface area (Å²) in [4.78, 5) is -0.111. The zero-order chi connectivity index (χ0) is 16.3. The van der Waals surface area contributed by atoms with Crippen molar-refractivity contribution in [2.45, 2.75) is 11.4 Å². The van der Waals surface area contributed by atoms with E-state index in [1.54, 1.807) is 16.9 Å². The van der Waals surface area contributed by atoms with Gasteiger partial charge in [0.25, 0.3) is 0 Å². The lowest BCUT2D eigenvalue weighted by Crippen LogP contribution is -2.23. The fourth-order valence-corrected chi connectivity index (χ4v) is 3.10. The van der Waals surface area contributed by atoms with Crippen molar-refractivity contribution < 1.29 is 12.8 Å². The van der Waals surface area contributed by atoms with Crippen molar-refractivity contribution >= 4 is 10.0 Å². The number of rotatable bonds is 5. The van der Waals surface area contributed by atoms with Crippen molar-refractivity contribution in [2.75, 3.05) is 0 Å². The Bertz CT molecular complexity index is 908. The van der Waals surface area contributed by atoms with Gasteiger partial charge in [-0.15, -0.1) is 0 Å². The van der Waals surface area contributed by atoms with Crippen LogP contribution >= 0.6 is 0 Å². The van der Waals surface area contributed by atoms with Crippen LogP contribution in [0.4, 0.5) is 4.39 Å². The van der Waals surface area contributed by atoms with E-state index in [1.807, 2.05) is 30.3 Å². The molecule has 0 bridgehead atoms. The average Bonchev–Trinajstić information content (AvgIpc) is 3.03. The minimum atomic E-state index is -3.78. The molecule has 2 aromatic carbocycles. The molecule has 5 nitrogen and oxygen atoms in total. The van der Waals surface area contributed by atoms with Crippen molar-refractivity contribution in [3.8, 4) is 5.69 Å². The van der Waals surface area contributed by atoms with Gasteiger partial charge in [-0.05, 0) is 36.4 Å². The summed E-state index contributed by atoms with van der Waals surface area (Å²) >= 11 is 0. The highest BCUT2D eigenvalue weighted by Crippen LogP contribution is 2.11. The SMILES string of the molecule is O=S(=O)(NCc1ccn(-c2ccccc2)n1)c1cccc(F)c1. The predicted octanol–water partition coefficient (Wildman–Crippen LogP) is 2.49. The Balaban J connectivity index is 1.73. The van der Waals surface area contributed by atoms with Crippen LogP contribution in [0, 0.1) is 5.82 Å². The van der Waals surface area contributed by atoms with E-state index in [4.69, 9.17) is 0 Å². The number of nitrogens with zero attached hydrogens (tertiary/aromatic N) is 2. The molecule has 23 heavy (non-hydrogen) atoms. The number of hydrogen-bond acceptors (Lipinski definition) is 3. The van der Waals surface area contributed by atoms with Crippen molar-refractivity contribution in [3.63, 3.8) is 0 Å². The van der Waals surface area contributed by atoms with Gasteiger partial charge in [0.2, 0.25) is 10.0 Å². The molecule has 7 heteroatoms. The summed E-state index contributed by atoms with van der Waals surface area (Å²) in [6.45, 7) is 0.0265. The number of halogens is 1. The first-order valence-electron chi connectivity index (χ1n) is 6.90. The van der Waals surface area contributed by atoms with Crippen LogP contribution in [0.15, 0.2) is 71.8 Å². The normalized spacial score (nSPS) is 11.5. The third-order valence-corrected chi connectivity index (χ3v) is 4.61. The van der Waals surface area contributed by atoms with E-state index < -0.39 is 15.8 Å². The molecule has 3 rings (SSSR count). The molecule has 1 aromatic heterocycles. The highest BCUT2D eigenvalue weighted by Gasteiger charge is 2.15. The van der Waals surface area contributed by atoms with Crippen LogP contribution in [-0.2, 0) is 16.6 Å². The largest absolute Gasteiger partial charge is 0.241 e. The van der Waals surface area contributed by atoms with Gasteiger partial charge in [0.1, 0.15) is 5.82 Å². The number of aromatic nitrogens is 2. The lowest BCUT2D eigenvalue weighted by molar-refractivity contribution is 0.576. The van der Waals surface area contributed by atoms with E-state index in [9.17, 15) is 12.8 Å². The molecule has 0 amide bonds. The van der Waals surface area contributed by atoms with Gasteiger partial charge in [0, 0.05) is 6.20 Å². The first kappa shape index (κ1) is 15.4. The van der Waals surface area contributed by atoms with Gasteiger partial charge in [0.05, 0.1) is 22.8 Å². The first-order valence-corrected chi connectivity index (χ1v) is 8.38. The van der Waals surface area contributed by atoms with Gasteiger partial charge in [-0.1, -0.05) is 24.3 Å². The summed E-state index contributed by atoms with van der Waals surface area (Å²) in [5, 5.41) is 4.31. The predicted molar refractivity (Wildman–Crippen MR) is 84.0 cm³/mol. The summed E-state index contributed by atoms with van der Waals surface area (Å²) in [5.74, 6) is -0.596. The quantitative estimate of drug-likeness (QED) is 0.781. The zero-order valence-corrected chi connectivity index (χ0v) is 12.9. The second kappa shape index (κ2) is 6.31. The fourth-order valence-electron chi connectivity index (χ4n) is 2.07. The second-order valence-electron chi connectivity index (χ2n) is 4.87. The maximum Gasteiger partial charge on any atom is 0.241 e. The first-order chi connectivity index (χ1) is 11.0. The third kappa shape index (κ3) is 3.64. The van der Waals surface area contributed by atoms with E-state index in [1.165, 1.54) is 18.2 Å². The molecular weight excluding hydrogens is 317 g/mol. The summed E-state index contributed by atoms with van der Waals surface area (Å²) in [7, 11) is -3.78. The molecule has 0 aliphatic rings. The molecule has 0 aliphatic carbocycles. The van der Waals surface area contributed by atoms with Crippen molar-refractivity contribution in [2.24, 2.45) is 0 Å². The average molecular weight is 331 g/mol. The molecule has 0 saturated heterocycles. The van der Waals surface area contributed by atoms with Crippen LogP contribution in [-0.4, -0.2) is 18.2 Å². The summed E-state index contributed by atoms with van der Waals surface area (Å²) in [6, 6.07) is 16.1. The number of sulfonamides is 1. The number of nitrogens with one attached hydrogen (secondary N) is 1. The van der Waals surface area contributed by atoms with Crippen LogP contribution in [0.25, 0.3) is 5.69 Å². The summed E-state index contributed by atoms with van der Waals surface area (Å²) in [5.41, 5.74) is 1.44. The van der Waals surface area contributed by atoms with Crippen molar-refractivity contribution in [1.29, 1.82) is 0 Å². The summed E-state index contributed by atoms with van der Waals surface area (Å²) < 4.78 is 41.5. The van der Waals surface area contributed by atoms with Crippen LogP contribution in [0.5, 0.6) is 0 Å². The number of benzene rings is 2. The van der Waals surface area contributed by atoms with Crippen LogP contribution in [0.1, 0.15) is 5.69 Å². The second-order valence-corrected chi connectivity index (χ2v) is 6.64. The molecule has 0 saturated carbocycles. The van der Waals surface area contributed by atoms with Gasteiger partial charge in [-0.3, -0.25) is 0 Å². The topological polar surface area (TPSA) is 64.0 Å². The molecule has 118 valence electrons. The molecule has 0 fully saturated rings. The Morgan fingerprint density at radius 3 is 2.57 bits per heavy atom. The Labute approximate surface area is 133 Å².